The average Bonchev–Trinajstić information content (AvgIpc) is 2.67. The molecule has 0 aliphatic rings. The number of aryl methyl sites for hydroxylation is 1. The highest BCUT2D eigenvalue weighted by Gasteiger charge is 2.23. The summed E-state index contributed by atoms with van der Waals surface area (Å²) in [6, 6.07) is 22.3. The van der Waals surface area contributed by atoms with E-state index in [4.69, 9.17) is 4.74 Å². The summed E-state index contributed by atoms with van der Waals surface area (Å²) in [5.41, 5.74) is 2.33. The molecule has 0 aliphatic carbocycles. The summed E-state index contributed by atoms with van der Waals surface area (Å²) in [7, 11) is 1.83. The molecule has 1 amide bonds. The van der Waals surface area contributed by atoms with E-state index in [-0.39, 0.29) is 5.91 Å². The molecule has 0 saturated carbocycles. The van der Waals surface area contributed by atoms with Gasteiger partial charge < -0.3 is 9.64 Å². The van der Waals surface area contributed by atoms with Crippen LogP contribution in [0.2, 0.25) is 0 Å². The molecule has 0 bridgehead atoms. The molecule has 3 aromatic carbocycles. The first-order valence-corrected chi connectivity index (χ1v) is 9.03. The summed E-state index contributed by atoms with van der Waals surface area (Å²) in [5, 5.41) is 2.14. The normalized spacial score (nSPS) is 12.0. The molecule has 0 heterocycles. The van der Waals surface area contributed by atoms with Crippen molar-refractivity contribution in [2.75, 3.05) is 7.05 Å². The minimum Gasteiger partial charge on any atom is -0.480 e. The number of hydrogen-bond donors (Lipinski definition) is 0. The molecule has 0 aromatic heterocycles. The lowest BCUT2D eigenvalue weighted by atomic mass is 10.1. The van der Waals surface area contributed by atoms with Crippen LogP contribution in [0, 0.1) is 6.92 Å². The van der Waals surface area contributed by atoms with Crippen LogP contribution in [0.1, 0.15) is 24.5 Å². The Morgan fingerprint density at radius 2 is 1.69 bits per heavy atom. The molecule has 0 saturated heterocycles. The van der Waals surface area contributed by atoms with Crippen molar-refractivity contribution in [2.45, 2.75) is 32.9 Å². The van der Waals surface area contributed by atoms with E-state index in [0.717, 1.165) is 22.1 Å². The van der Waals surface area contributed by atoms with Gasteiger partial charge in [0.15, 0.2) is 6.10 Å². The molecule has 0 spiro atoms. The van der Waals surface area contributed by atoms with Crippen LogP contribution in [0.5, 0.6) is 5.75 Å². The first kappa shape index (κ1) is 18.0. The van der Waals surface area contributed by atoms with Crippen LogP contribution in [0.15, 0.2) is 66.7 Å². The number of rotatable bonds is 6. The maximum Gasteiger partial charge on any atom is 0.263 e. The molecule has 3 rings (SSSR count). The lowest BCUT2D eigenvalue weighted by Gasteiger charge is -2.24. The number of amides is 1. The number of nitrogens with zero attached hydrogens (tertiary/aromatic N) is 1. The molecule has 3 nitrogen and oxygen atoms in total. The van der Waals surface area contributed by atoms with Gasteiger partial charge in [-0.15, -0.1) is 0 Å². The lowest BCUT2D eigenvalue weighted by molar-refractivity contribution is -0.138. The summed E-state index contributed by atoms with van der Waals surface area (Å²) in [6.07, 6.45) is 0.136. The quantitative estimate of drug-likeness (QED) is 0.630. The Hall–Kier alpha value is -2.81. The highest BCUT2D eigenvalue weighted by Crippen LogP contribution is 2.27. The molecule has 1 atom stereocenters. The second kappa shape index (κ2) is 8.05. The molecular formula is C23H25NO2. The van der Waals surface area contributed by atoms with E-state index >= 15 is 0 Å². The van der Waals surface area contributed by atoms with E-state index in [2.05, 4.69) is 43.3 Å². The fourth-order valence-electron chi connectivity index (χ4n) is 3.05. The molecule has 3 heteroatoms. The van der Waals surface area contributed by atoms with Crippen molar-refractivity contribution in [3.8, 4) is 5.75 Å². The van der Waals surface area contributed by atoms with Gasteiger partial charge in [0, 0.05) is 19.0 Å². The van der Waals surface area contributed by atoms with E-state index in [1.165, 1.54) is 5.56 Å². The minimum atomic E-state index is -0.490. The summed E-state index contributed by atoms with van der Waals surface area (Å²) in [5.74, 6) is 0.757. The third-order valence-electron chi connectivity index (χ3n) is 4.58. The van der Waals surface area contributed by atoms with Gasteiger partial charge in [0.05, 0.1) is 0 Å². The molecule has 3 aromatic rings. The van der Waals surface area contributed by atoms with E-state index in [9.17, 15) is 4.79 Å². The number of fused-ring (bicyclic) bond motifs is 1. The van der Waals surface area contributed by atoms with Crippen molar-refractivity contribution in [1.29, 1.82) is 0 Å². The first-order valence-electron chi connectivity index (χ1n) is 9.03. The zero-order valence-corrected chi connectivity index (χ0v) is 15.6. The Bertz CT molecular complexity index is 881. The third kappa shape index (κ3) is 4.05. The SMILES string of the molecule is CCC(Oc1cccc2ccccc12)C(=O)N(C)Cc1ccc(C)cc1. The Balaban J connectivity index is 1.74. The van der Waals surface area contributed by atoms with Crippen LogP contribution in [-0.2, 0) is 11.3 Å². The predicted octanol–water partition coefficient (Wildman–Crippen LogP) is 4.96. The van der Waals surface area contributed by atoms with Gasteiger partial charge in [0.2, 0.25) is 0 Å². The molecule has 0 aliphatic heterocycles. The molecular weight excluding hydrogens is 322 g/mol. The number of hydrogen-bond acceptors (Lipinski definition) is 2. The van der Waals surface area contributed by atoms with Crippen LogP contribution in [0.3, 0.4) is 0 Å². The van der Waals surface area contributed by atoms with Crippen LogP contribution in [0.4, 0.5) is 0 Å². The average molecular weight is 347 g/mol. The fraction of sp³-hybridized carbons (Fsp3) is 0.261. The van der Waals surface area contributed by atoms with Gasteiger partial charge >= 0.3 is 0 Å². The Morgan fingerprint density at radius 1 is 1.00 bits per heavy atom. The van der Waals surface area contributed by atoms with Gasteiger partial charge in [-0.25, -0.2) is 0 Å². The predicted molar refractivity (Wildman–Crippen MR) is 106 cm³/mol. The smallest absolute Gasteiger partial charge is 0.263 e. The van der Waals surface area contributed by atoms with Crippen LogP contribution in [-0.4, -0.2) is 24.0 Å². The number of carbonyl (C=O) groups excluding carboxylic acids is 1. The van der Waals surface area contributed by atoms with Crippen LogP contribution in [0.25, 0.3) is 10.8 Å². The standard InChI is InChI=1S/C23H25NO2/c1-4-21(23(25)24(3)16-18-14-12-17(2)13-15-18)26-22-11-7-9-19-8-5-6-10-20(19)22/h5-15,21H,4,16H2,1-3H3. The maximum atomic E-state index is 12.9. The van der Waals surface area contributed by atoms with Gasteiger partial charge in [-0.2, -0.15) is 0 Å². The van der Waals surface area contributed by atoms with Crippen LogP contribution >= 0.6 is 0 Å². The summed E-state index contributed by atoms with van der Waals surface area (Å²) in [4.78, 5) is 14.6. The highest BCUT2D eigenvalue weighted by atomic mass is 16.5. The second-order valence-electron chi connectivity index (χ2n) is 6.67. The number of benzene rings is 3. The molecule has 0 fully saturated rings. The van der Waals surface area contributed by atoms with Crippen molar-refractivity contribution in [1.82, 2.24) is 4.90 Å². The second-order valence-corrected chi connectivity index (χ2v) is 6.67. The van der Waals surface area contributed by atoms with Gasteiger partial charge in [0.25, 0.3) is 5.91 Å². The Kier molecular flexibility index (Phi) is 5.57. The molecule has 1 unspecified atom stereocenters. The Morgan fingerprint density at radius 3 is 2.42 bits per heavy atom. The van der Waals surface area contributed by atoms with Crippen LogP contribution < -0.4 is 4.74 Å². The number of carbonyl (C=O) groups is 1. The zero-order chi connectivity index (χ0) is 18.5. The molecule has 26 heavy (non-hydrogen) atoms. The minimum absolute atomic E-state index is 0.000934. The Labute approximate surface area is 155 Å². The van der Waals surface area contributed by atoms with E-state index in [1.54, 1.807) is 4.90 Å². The molecule has 134 valence electrons. The zero-order valence-electron chi connectivity index (χ0n) is 15.6. The lowest BCUT2D eigenvalue weighted by Crippen LogP contribution is -2.39. The van der Waals surface area contributed by atoms with E-state index < -0.39 is 6.10 Å². The fourth-order valence-corrected chi connectivity index (χ4v) is 3.05. The molecule has 0 radical (unpaired) electrons. The number of likely N-dealkylation sites (N-methyl/N-ethyl adjacent to an activating group) is 1. The summed E-state index contributed by atoms with van der Waals surface area (Å²) < 4.78 is 6.13. The monoisotopic (exact) mass is 347 g/mol. The van der Waals surface area contributed by atoms with Gasteiger partial charge in [-0.3, -0.25) is 4.79 Å². The van der Waals surface area contributed by atoms with Gasteiger partial charge in [-0.1, -0.05) is 73.2 Å². The maximum absolute atomic E-state index is 12.9. The number of ether oxygens (including phenoxy) is 1. The van der Waals surface area contributed by atoms with Crippen molar-refractivity contribution in [3.05, 3.63) is 77.9 Å². The third-order valence-corrected chi connectivity index (χ3v) is 4.58. The van der Waals surface area contributed by atoms with Crippen molar-refractivity contribution < 1.29 is 9.53 Å². The molecule has 0 N–H and O–H groups in total. The highest BCUT2D eigenvalue weighted by molar-refractivity contribution is 5.89. The van der Waals surface area contributed by atoms with Crippen molar-refractivity contribution >= 4 is 16.7 Å². The summed E-state index contributed by atoms with van der Waals surface area (Å²) >= 11 is 0. The van der Waals surface area contributed by atoms with E-state index in [1.807, 2.05) is 44.3 Å². The van der Waals surface area contributed by atoms with Gasteiger partial charge in [-0.05, 0) is 30.4 Å². The van der Waals surface area contributed by atoms with E-state index in [0.29, 0.717) is 13.0 Å². The van der Waals surface area contributed by atoms with Crippen molar-refractivity contribution in [2.24, 2.45) is 0 Å². The van der Waals surface area contributed by atoms with Crippen molar-refractivity contribution in [3.63, 3.8) is 0 Å². The summed E-state index contributed by atoms with van der Waals surface area (Å²) in [6.45, 7) is 4.62. The topological polar surface area (TPSA) is 29.5 Å². The largest absolute Gasteiger partial charge is 0.480 e. The van der Waals surface area contributed by atoms with Gasteiger partial charge in [0.1, 0.15) is 5.75 Å². The first-order chi connectivity index (χ1) is 12.6.